The van der Waals surface area contributed by atoms with E-state index in [9.17, 15) is 22.8 Å². The summed E-state index contributed by atoms with van der Waals surface area (Å²) in [6, 6.07) is 3.39. The van der Waals surface area contributed by atoms with Gasteiger partial charge in [0.25, 0.3) is 0 Å². The Balaban J connectivity index is 2.72. The first-order chi connectivity index (χ1) is 9.10. The number of carbonyl (C=O) groups excluding carboxylic acids is 2. The van der Waals surface area contributed by atoms with Crippen LogP contribution in [0.5, 0.6) is 0 Å². The Hall–Kier alpha value is -1.17. The zero-order chi connectivity index (χ0) is 15.5. The van der Waals surface area contributed by atoms with Crippen LogP contribution in [0.3, 0.4) is 0 Å². The van der Waals surface area contributed by atoms with Gasteiger partial charge in [0.05, 0.1) is 12.8 Å². The maximum atomic E-state index is 12.0. The molecule has 0 saturated heterocycles. The van der Waals surface area contributed by atoms with E-state index >= 15 is 0 Å². The summed E-state index contributed by atoms with van der Waals surface area (Å²) in [5.41, 5.74) is 1.91. The van der Waals surface area contributed by atoms with E-state index in [4.69, 9.17) is 0 Å². The highest BCUT2D eigenvalue weighted by Crippen LogP contribution is 2.24. The van der Waals surface area contributed by atoms with Gasteiger partial charge in [0, 0.05) is 16.5 Å². The van der Waals surface area contributed by atoms with Crippen LogP contribution in [0.15, 0.2) is 16.6 Å². The van der Waals surface area contributed by atoms with Gasteiger partial charge < -0.3 is 0 Å². The normalized spacial score (nSPS) is 11.5. The standard InChI is InChI=1S/C14H14BrF3O2/c1-8-6-12(15)9(2)5-11(8)13(20)7-10(19)3-4-14(16,17)18/h5-6H,3-4,7H2,1-2H3. The maximum Gasteiger partial charge on any atom is 0.389 e. The number of benzene rings is 1. The molecule has 0 atom stereocenters. The Bertz CT molecular complexity index is 536. The fraction of sp³-hybridized carbons (Fsp3) is 0.429. The lowest BCUT2D eigenvalue weighted by molar-refractivity contribution is -0.142. The Kier molecular flexibility index (Phi) is 5.50. The van der Waals surface area contributed by atoms with Gasteiger partial charge in [0.15, 0.2) is 5.78 Å². The number of aryl methyl sites for hydroxylation is 2. The molecular weight excluding hydrogens is 337 g/mol. The largest absolute Gasteiger partial charge is 0.389 e. The van der Waals surface area contributed by atoms with Gasteiger partial charge in [-0.1, -0.05) is 15.9 Å². The molecule has 20 heavy (non-hydrogen) atoms. The minimum absolute atomic E-state index is 0.381. The summed E-state index contributed by atoms with van der Waals surface area (Å²) in [5.74, 6) is -1.13. The van der Waals surface area contributed by atoms with Crippen molar-refractivity contribution in [3.63, 3.8) is 0 Å². The highest BCUT2D eigenvalue weighted by Gasteiger charge is 2.28. The quantitative estimate of drug-likeness (QED) is 0.576. The third kappa shape index (κ3) is 5.07. The average Bonchev–Trinajstić information content (AvgIpc) is 2.30. The molecule has 0 N–H and O–H groups in total. The van der Waals surface area contributed by atoms with Gasteiger partial charge >= 0.3 is 6.18 Å². The molecule has 0 amide bonds. The third-order valence-electron chi connectivity index (χ3n) is 2.85. The van der Waals surface area contributed by atoms with Crippen molar-refractivity contribution in [1.29, 1.82) is 0 Å². The zero-order valence-electron chi connectivity index (χ0n) is 11.1. The Morgan fingerprint density at radius 2 is 1.75 bits per heavy atom. The van der Waals surface area contributed by atoms with E-state index in [0.717, 1.165) is 10.0 Å². The lowest BCUT2D eigenvalue weighted by atomic mass is 9.98. The Morgan fingerprint density at radius 1 is 1.15 bits per heavy atom. The molecule has 0 bridgehead atoms. The molecule has 110 valence electrons. The molecule has 0 aliphatic rings. The third-order valence-corrected chi connectivity index (χ3v) is 3.71. The van der Waals surface area contributed by atoms with Gasteiger partial charge in [0.1, 0.15) is 5.78 Å². The van der Waals surface area contributed by atoms with Gasteiger partial charge in [-0.05, 0) is 37.1 Å². The van der Waals surface area contributed by atoms with Gasteiger partial charge in [0.2, 0.25) is 0 Å². The highest BCUT2D eigenvalue weighted by atomic mass is 79.9. The van der Waals surface area contributed by atoms with Crippen molar-refractivity contribution in [2.45, 2.75) is 39.3 Å². The van der Waals surface area contributed by atoms with E-state index in [0.29, 0.717) is 11.1 Å². The smallest absolute Gasteiger partial charge is 0.299 e. The minimum Gasteiger partial charge on any atom is -0.299 e. The fourth-order valence-electron chi connectivity index (χ4n) is 1.73. The van der Waals surface area contributed by atoms with E-state index in [-0.39, 0.29) is 0 Å². The molecule has 0 spiro atoms. The summed E-state index contributed by atoms with van der Waals surface area (Å²) in [6.45, 7) is 3.52. The first-order valence-corrected chi connectivity index (χ1v) is 6.78. The summed E-state index contributed by atoms with van der Waals surface area (Å²) < 4.78 is 36.8. The van der Waals surface area contributed by atoms with Crippen molar-refractivity contribution in [3.05, 3.63) is 33.3 Å². The van der Waals surface area contributed by atoms with Crippen molar-refractivity contribution in [3.8, 4) is 0 Å². The molecule has 2 nitrogen and oxygen atoms in total. The van der Waals surface area contributed by atoms with Crippen molar-refractivity contribution in [2.75, 3.05) is 0 Å². The first-order valence-electron chi connectivity index (χ1n) is 5.98. The van der Waals surface area contributed by atoms with Crippen LogP contribution in [0, 0.1) is 13.8 Å². The zero-order valence-corrected chi connectivity index (χ0v) is 12.7. The van der Waals surface area contributed by atoms with E-state index in [1.165, 1.54) is 0 Å². The number of alkyl halides is 3. The van der Waals surface area contributed by atoms with E-state index in [2.05, 4.69) is 15.9 Å². The molecule has 0 unspecified atom stereocenters. The molecule has 0 aliphatic heterocycles. The topological polar surface area (TPSA) is 34.1 Å². The monoisotopic (exact) mass is 350 g/mol. The van der Waals surface area contributed by atoms with Crippen molar-refractivity contribution in [1.82, 2.24) is 0 Å². The fourth-order valence-corrected chi connectivity index (χ4v) is 2.18. The van der Waals surface area contributed by atoms with Gasteiger partial charge in [-0.2, -0.15) is 13.2 Å². The molecule has 1 aromatic carbocycles. The Labute approximate surface area is 123 Å². The highest BCUT2D eigenvalue weighted by molar-refractivity contribution is 9.10. The van der Waals surface area contributed by atoms with Crippen molar-refractivity contribution < 1.29 is 22.8 Å². The van der Waals surface area contributed by atoms with Crippen molar-refractivity contribution >= 4 is 27.5 Å². The summed E-state index contributed by atoms with van der Waals surface area (Å²) in [4.78, 5) is 23.4. The maximum absolute atomic E-state index is 12.0. The van der Waals surface area contributed by atoms with Crippen LogP contribution in [0.4, 0.5) is 13.2 Å². The second-order valence-corrected chi connectivity index (χ2v) is 5.52. The molecular formula is C14H14BrF3O2. The number of ketones is 2. The lowest BCUT2D eigenvalue weighted by Crippen LogP contribution is -2.14. The number of hydrogen-bond acceptors (Lipinski definition) is 2. The molecule has 1 aromatic rings. The van der Waals surface area contributed by atoms with Crippen LogP contribution in [0.2, 0.25) is 0 Å². The van der Waals surface area contributed by atoms with Crippen LogP contribution >= 0.6 is 15.9 Å². The predicted octanol–water partition coefficient (Wildman–Crippen LogP) is 4.55. The summed E-state index contributed by atoms with van der Waals surface area (Å²) in [5, 5.41) is 0. The van der Waals surface area contributed by atoms with E-state index in [1.807, 2.05) is 0 Å². The second kappa shape index (κ2) is 6.52. The van der Waals surface area contributed by atoms with Gasteiger partial charge in [-0.15, -0.1) is 0 Å². The SMILES string of the molecule is Cc1cc(C(=O)CC(=O)CCC(F)(F)F)c(C)cc1Br. The van der Waals surface area contributed by atoms with Crippen molar-refractivity contribution in [2.24, 2.45) is 0 Å². The molecule has 0 heterocycles. The molecule has 0 aromatic heterocycles. The predicted molar refractivity (Wildman–Crippen MR) is 72.9 cm³/mol. The summed E-state index contributed by atoms with van der Waals surface area (Å²) >= 11 is 3.32. The first kappa shape index (κ1) is 16.9. The van der Waals surface area contributed by atoms with E-state index < -0.39 is 37.0 Å². The number of Topliss-reactive ketones (excluding diaryl/α,β-unsaturated/α-hetero) is 2. The van der Waals surface area contributed by atoms with Gasteiger partial charge in [-0.25, -0.2) is 0 Å². The van der Waals surface area contributed by atoms with Crippen LogP contribution in [0.25, 0.3) is 0 Å². The summed E-state index contributed by atoms with van der Waals surface area (Å²) in [7, 11) is 0. The minimum atomic E-state index is -4.37. The molecule has 0 aliphatic carbocycles. The van der Waals surface area contributed by atoms with Crippen LogP contribution in [-0.2, 0) is 4.79 Å². The molecule has 6 heteroatoms. The number of hydrogen-bond donors (Lipinski definition) is 0. The summed E-state index contributed by atoms with van der Waals surface area (Å²) in [6.07, 6.45) is -6.69. The number of halogens is 4. The molecule has 1 rings (SSSR count). The molecule has 0 fully saturated rings. The Morgan fingerprint density at radius 3 is 2.30 bits per heavy atom. The molecule has 0 saturated carbocycles. The van der Waals surface area contributed by atoms with Gasteiger partial charge in [-0.3, -0.25) is 9.59 Å². The van der Waals surface area contributed by atoms with Crippen LogP contribution in [-0.4, -0.2) is 17.7 Å². The van der Waals surface area contributed by atoms with Crippen LogP contribution < -0.4 is 0 Å². The average molecular weight is 351 g/mol. The number of carbonyl (C=O) groups is 2. The number of rotatable bonds is 5. The lowest BCUT2D eigenvalue weighted by Gasteiger charge is -2.08. The molecule has 0 radical (unpaired) electrons. The van der Waals surface area contributed by atoms with Crippen LogP contribution in [0.1, 0.15) is 40.7 Å². The second-order valence-electron chi connectivity index (χ2n) is 4.67. The van der Waals surface area contributed by atoms with E-state index in [1.54, 1.807) is 26.0 Å².